The molecule has 16 heavy (non-hydrogen) atoms. The van der Waals surface area contributed by atoms with E-state index in [0.29, 0.717) is 10.6 Å². The predicted molar refractivity (Wildman–Crippen MR) is 60.4 cm³/mol. The molecule has 1 saturated carbocycles. The number of nitrogens with one attached hydrogen (secondary N) is 1. The number of carbonyl (C=O) groups excluding carboxylic acids is 1. The maximum atomic E-state index is 11.8. The van der Waals surface area contributed by atoms with Crippen molar-refractivity contribution in [3.05, 3.63) is 10.6 Å². The molecule has 0 spiro atoms. The Hall–Kier alpha value is -1.01. The minimum atomic E-state index is -0.194. The normalized spacial score (nSPS) is 25.4. The van der Waals surface area contributed by atoms with Crippen molar-refractivity contribution >= 4 is 17.4 Å². The monoisotopic (exact) mass is 241 g/mol. The highest BCUT2D eigenvalue weighted by molar-refractivity contribution is 7.07. The first kappa shape index (κ1) is 11.5. The van der Waals surface area contributed by atoms with Crippen molar-refractivity contribution in [3.8, 4) is 0 Å². The zero-order valence-electron chi connectivity index (χ0n) is 9.14. The van der Waals surface area contributed by atoms with Gasteiger partial charge in [-0.05, 0) is 44.1 Å². The van der Waals surface area contributed by atoms with Crippen LogP contribution >= 0.6 is 11.5 Å². The van der Waals surface area contributed by atoms with Gasteiger partial charge in [-0.2, -0.15) is 0 Å². The largest absolute Gasteiger partial charge is 0.393 e. The van der Waals surface area contributed by atoms with Gasteiger partial charge < -0.3 is 10.4 Å². The summed E-state index contributed by atoms with van der Waals surface area (Å²) in [5.41, 5.74) is 0.679. The molecular weight excluding hydrogens is 226 g/mol. The van der Waals surface area contributed by atoms with Gasteiger partial charge in [0.05, 0.1) is 11.8 Å². The summed E-state index contributed by atoms with van der Waals surface area (Å²) in [6.45, 7) is 1.78. The number of nitrogens with zero attached hydrogens (tertiary/aromatic N) is 2. The van der Waals surface area contributed by atoms with Crippen LogP contribution in [0, 0.1) is 6.92 Å². The molecule has 1 fully saturated rings. The summed E-state index contributed by atoms with van der Waals surface area (Å²) in [6, 6.07) is 0.178. The van der Waals surface area contributed by atoms with Crippen molar-refractivity contribution in [2.45, 2.75) is 44.8 Å². The SMILES string of the molecule is Cc1nnsc1C(=O)NC1CCC(O)CC1. The van der Waals surface area contributed by atoms with Crippen molar-refractivity contribution in [3.63, 3.8) is 0 Å². The molecule has 0 bridgehead atoms. The Morgan fingerprint density at radius 2 is 2.12 bits per heavy atom. The third kappa shape index (κ3) is 2.56. The molecule has 0 atom stereocenters. The van der Waals surface area contributed by atoms with Crippen LogP contribution in [-0.2, 0) is 0 Å². The third-order valence-electron chi connectivity index (χ3n) is 2.89. The maximum Gasteiger partial charge on any atom is 0.265 e. The molecule has 5 nitrogen and oxygen atoms in total. The van der Waals surface area contributed by atoms with Gasteiger partial charge in [0.2, 0.25) is 0 Å². The molecule has 2 N–H and O–H groups in total. The molecule has 1 amide bonds. The predicted octanol–water partition coefficient (Wildman–Crippen LogP) is 0.880. The highest BCUT2D eigenvalue weighted by atomic mass is 32.1. The summed E-state index contributed by atoms with van der Waals surface area (Å²) >= 11 is 1.12. The molecule has 1 aromatic heterocycles. The van der Waals surface area contributed by atoms with Crippen LogP contribution in [0.5, 0.6) is 0 Å². The van der Waals surface area contributed by atoms with Gasteiger partial charge in [0.15, 0.2) is 0 Å². The molecule has 0 radical (unpaired) electrons. The molecule has 0 saturated heterocycles. The van der Waals surface area contributed by atoms with Crippen molar-refractivity contribution in [2.24, 2.45) is 0 Å². The molecule has 6 heteroatoms. The number of aliphatic hydroxyl groups excluding tert-OH is 1. The summed E-state index contributed by atoms with van der Waals surface area (Å²) in [4.78, 5) is 12.4. The van der Waals surface area contributed by atoms with E-state index in [1.807, 2.05) is 0 Å². The Morgan fingerprint density at radius 1 is 1.44 bits per heavy atom. The summed E-state index contributed by atoms with van der Waals surface area (Å²) in [5, 5.41) is 16.1. The van der Waals surface area contributed by atoms with E-state index in [4.69, 9.17) is 0 Å². The number of hydrogen-bond donors (Lipinski definition) is 2. The van der Waals surface area contributed by atoms with Crippen molar-refractivity contribution < 1.29 is 9.90 Å². The second-order valence-corrected chi connectivity index (χ2v) is 4.92. The minimum absolute atomic E-state index is 0.0890. The highest BCUT2D eigenvalue weighted by Gasteiger charge is 2.22. The van der Waals surface area contributed by atoms with Crippen molar-refractivity contribution in [1.82, 2.24) is 14.9 Å². The van der Waals surface area contributed by atoms with Gasteiger partial charge in [-0.15, -0.1) is 5.10 Å². The number of aliphatic hydroxyl groups is 1. The van der Waals surface area contributed by atoms with Crippen LogP contribution in [0.4, 0.5) is 0 Å². The molecule has 1 aliphatic rings. The smallest absolute Gasteiger partial charge is 0.265 e. The Balaban J connectivity index is 1.91. The molecule has 1 aliphatic carbocycles. The maximum absolute atomic E-state index is 11.8. The fourth-order valence-corrected chi connectivity index (χ4v) is 2.47. The van der Waals surface area contributed by atoms with Crippen molar-refractivity contribution in [1.29, 1.82) is 0 Å². The van der Waals surface area contributed by atoms with Gasteiger partial charge in [0.25, 0.3) is 5.91 Å². The first-order valence-corrected chi connectivity index (χ1v) is 6.22. The fourth-order valence-electron chi connectivity index (χ4n) is 1.91. The number of rotatable bonds is 2. The Labute approximate surface area is 98.0 Å². The molecule has 2 rings (SSSR count). The Morgan fingerprint density at radius 3 is 2.69 bits per heavy atom. The molecule has 1 heterocycles. The highest BCUT2D eigenvalue weighted by Crippen LogP contribution is 2.19. The van der Waals surface area contributed by atoms with E-state index >= 15 is 0 Å². The molecule has 1 aromatic rings. The second-order valence-electron chi connectivity index (χ2n) is 4.17. The lowest BCUT2D eigenvalue weighted by Crippen LogP contribution is -2.38. The Kier molecular flexibility index (Phi) is 3.50. The molecule has 88 valence electrons. The first-order valence-electron chi connectivity index (χ1n) is 5.44. The van der Waals surface area contributed by atoms with E-state index in [2.05, 4.69) is 14.9 Å². The van der Waals surface area contributed by atoms with E-state index in [1.54, 1.807) is 6.92 Å². The van der Waals surface area contributed by atoms with Crippen LogP contribution in [0.25, 0.3) is 0 Å². The lowest BCUT2D eigenvalue weighted by atomic mass is 9.93. The molecule has 0 aliphatic heterocycles. The van der Waals surface area contributed by atoms with E-state index in [0.717, 1.165) is 37.2 Å². The summed E-state index contributed by atoms with van der Waals surface area (Å²) in [5.74, 6) is -0.0890. The van der Waals surface area contributed by atoms with Gasteiger partial charge >= 0.3 is 0 Å². The third-order valence-corrected chi connectivity index (χ3v) is 3.72. The number of amides is 1. The van der Waals surface area contributed by atoms with Crippen LogP contribution in [-0.4, -0.2) is 32.7 Å². The first-order chi connectivity index (χ1) is 7.66. The number of aryl methyl sites for hydroxylation is 1. The van der Waals surface area contributed by atoms with E-state index in [-0.39, 0.29) is 18.1 Å². The second kappa shape index (κ2) is 4.88. The van der Waals surface area contributed by atoms with Gasteiger partial charge in [-0.25, -0.2) is 0 Å². The van der Waals surface area contributed by atoms with Crippen LogP contribution in [0.15, 0.2) is 0 Å². The summed E-state index contributed by atoms with van der Waals surface area (Å²) in [6.07, 6.45) is 3.03. The quantitative estimate of drug-likeness (QED) is 0.806. The standard InChI is InChI=1S/C10H15N3O2S/c1-6-9(16-13-12-6)10(15)11-7-2-4-8(14)5-3-7/h7-8,14H,2-5H2,1H3,(H,11,15). The number of carbonyl (C=O) groups is 1. The fraction of sp³-hybridized carbons (Fsp3) is 0.700. The van der Waals surface area contributed by atoms with E-state index in [9.17, 15) is 9.90 Å². The Bertz CT molecular complexity index is 372. The summed E-state index contributed by atoms with van der Waals surface area (Å²) in [7, 11) is 0. The van der Waals surface area contributed by atoms with Crippen LogP contribution < -0.4 is 5.32 Å². The lowest BCUT2D eigenvalue weighted by molar-refractivity contribution is 0.0870. The van der Waals surface area contributed by atoms with Gasteiger partial charge in [0.1, 0.15) is 4.88 Å². The van der Waals surface area contributed by atoms with Crippen molar-refractivity contribution in [2.75, 3.05) is 0 Å². The van der Waals surface area contributed by atoms with Crippen LogP contribution in [0.3, 0.4) is 0 Å². The van der Waals surface area contributed by atoms with Crippen LogP contribution in [0.1, 0.15) is 41.0 Å². The summed E-state index contributed by atoms with van der Waals surface area (Å²) < 4.78 is 3.74. The lowest BCUT2D eigenvalue weighted by Gasteiger charge is -2.25. The van der Waals surface area contributed by atoms with Crippen LogP contribution in [0.2, 0.25) is 0 Å². The van der Waals surface area contributed by atoms with Gasteiger partial charge in [-0.1, -0.05) is 4.49 Å². The minimum Gasteiger partial charge on any atom is -0.393 e. The average molecular weight is 241 g/mol. The average Bonchev–Trinajstić information content (AvgIpc) is 2.68. The topological polar surface area (TPSA) is 75.1 Å². The zero-order chi connectivity index (χ0) is 11.5. The number of aromatic nitrogens is 2. The zero-order valence-corrected chi connectivity index (χ0v) is 9.96. The molecular formula is C10H15N3O2S. The number of hydrogen-bond acceptors (Lipinski definition) is 5. The van der Waals surface area contributed by atoms with E-state index < -0.39 is 0 Å². The molecule has 0 aromatic carbocycles. The molecule has 0 unspecified atom stereocenters. The van der Waals surface area contributed by atoms with Gasteiger partial charge in [-0.3, -0.25) is 4.79 Å². The van der Waals surface area contributed by atoms with E-state index in [1.165, 1.54) is 0 Å². The van der Waals surface area contributed by atoms with Gasteiger partial charge in [0, 0.05) is 6.04 Å².